The maximum Gasteiger partial charge on any atom is 0.0951 e. The van der Waals surface area contributed by atoms with Crippen molar-refractivity contribution in [1.82, 2.24) is 4.90 Å². The molecule has 1 heterocycles. The van der Waals surface area contributed by atoms with Gasteiger partial charge >= 0.3 is 0 Å². The van der Waals surface area contributed by atoms with Crippen molar-refractivity contribution in [3.8, 4) is 0 Å². The van der Waals surface area contributed by atoms with E-state index in [2.05, 4.69) is 59.2 Å². The third-order valence-electron chi connectivity index (χ3n) is 4.53. The number of piperazine rings is 1. The van der Waals surface area contributed by atoms with E-state index in [1.165, 1.54) is 11.3 Å². The Balaban J connectivity index is 0.00000225. The highest BCUT2D eigenvalue weighted by Crippen LogP contribution is 2.22. The molecular formula is C20H26Cl2N2O. The van der Waals surface area contributed by atoms with Crippen LogP contribution < -0.4 is 4.90 Å². The van der Waals surface area contributed by atoms with E-state index < -0.39 is 0 Å². The number of nitrogens with zero attached hydrogens (tertiary/aromatic N) is 2. The summed E-state index contributed by atoms with van der Waals surface area (Å²) in [4.78, 5) is 4.92. The van der Waals surface area contributed by atoms with Gasteiger partial charge in [-0.05, 0) is 36.8 Å². The molecule has 1 aliphatic heterocycles. The fraction of sp³-hybridized carbons (Fsp3) is 0.400. The highest BCUT2D eigenvalue weighted by Gasteiger charge is 2.21. The average molecular weight is 381 g/mol. The van der Waals surface area contributed by atoms with Gasteiger partial charge in [-0.2, -0.15) is 0 Å². The van der Waals surface area contributed by atoms with E-state index in [9.17, 15) is 0 Å². The second-order valence-electron chi connectivity index (χ2n) is 6.12. The molecule has 1 atom stereocenters. The van der Waals surface area contributed by atoms with Crippen LogP contribution in [0.25, 0.3) is 0 Å². The molecule has 1 saturated heterocycles. The van der Waals surface area contributed by atoms with Crippen LogP contribution in [0.1, 0.15) is 18.6 Å². The van der Waals surface area contributed by atoms with Gasteiger partial charge < -0.3 is 9.64 Å². The van der Waals surface area contributed by atoms with Crippen LogP contribution in [0.3, 0.4) is 0 Å². The standard InChI is InChI=1S/C20H25ClN2O.ClH/c1-2-24-20(17-6-4-3-5-7-17)16-22-12-14-23(15-13-22)19-10-8-18(21)9-11-19;/h3-11,20H,2,12-16H2,1H3;1H. The molecule has 5 heteroatoms. The molecule has 0 amide bonds. The second-order valence-corrected chi connectivity index (χ2v) is 6.56. The van der Waals surface area contributed by atoms with Crippen LogP contribution in [0.2, 0.25) is 5.02 Å². The normalized spacial score (nSPS) is 16.3. The van der Waals surface area contributed by atoms with Gasteiger partial charge in [0.2, 0.25) is 0 Å². The summed E-state index contributed by atoms with van der Waals surface area (Å²) < 4.78 is 5.99. The highest BCUT2D eigenvalue weighted by molar-refractivity contribution is 6.30. The van der Waals surface area contributed by atoms with Crippen molar-refractivity contribution in [3.63, 3.8) is 0 Å². The van der Waals surface area contributed by atoms with E-state index in [4.69, 9.17) is 16.3 Å². The fourth-order valence-electron chi connectivity index (χ4n) is 3.20. The largest absolute Gasteiger partial charge is 0.372 e. The molecule has 25 heavy (non-hydrogen) atoms. The van der Waals surface area contributed by atoms with Gasteiger partial charge in [-0.25, -0.2) is 0 Å². The smallest absolute Gasteiger partial charge is 0.0951 e. The minimum atomic E-state index is 0. The Morgan fingerprint density at radius 1 is 0.960 bits per heavy atom. The first-order valence-electron chi connectivity index (χ1n) is 8.65. The zero-order valence-corrected chi connectivity index (χ0v) is 16.2. The maximum absolute atomic E-state index is 5.99. The summed E-state index contributed by atoms with van der Waals surface area (Å²) in [5, 5.41) is 0.791. The van der Waals surface area contributed by atoms with Crippen LogP contribution in [-0.2, 0) is 4.74 Å². The molecule has 2 aromatic rings. The van der Waals surface area contributed by atoms with Gasteiger partial charge in [-0.3, -0.25) is 4.90 Å². The monoisotopic (exact) mass is 380 g/mol. The first-order valence-corrected chi connectivity index (χ1v) is 9.03. The Morgan fingerprint density at radius 2 is 1.60 bits per heavy atom. The molecule has 3 rings (SSSR count). The zero-order valence-electron chi connectivity index (χ0n) is 14.6. The van der Waals surface area contributed by atoms with Crippen molar-refractivity contribution < 1.29 is 4.74 Å². The molecule has 2 aromatic carbocycles. The van der Waals surface area contributed by atoms with Crippen molar-refractivity contribution in [2.45, 2.75) is 13.0 Å². The van der Waals surface area contributed by atoms with Crippen LogP contribution in [0.4, 0.5) is 5.69 Å². The van der Waals surface area contributed by atoms with E-state index in [0.29, 0.717) is 0 Å². The Morgan fingerprint density at radius 3 is 2.20 bits per heavy atom. The lowest BCUT2D eigenvalue weighted by atomic mass is 10.1. The van der Waals surface area contributed by atoms with Crippen LogP contribution in [-0.4, -0.2) is 44.2 Å². The van der Waals surface area contributed by atoms with Crippen molar-refractivity contribution in [2.24, 2.45) is 0 Å². The molecule has 1 aliphatic rings. The molecule has 0 bridgehead atoms. The van der Waals surface area contributed by atoms with E-state index in [1.54, 1.807) is 0 Å². The average Bonchev–Trinajstić information content (AvgIpc) is 2.63. The number of anilines is 1. The molecule has 0 saturated carbocycles. The van der Waals surface area contributed by atoms with Gasteiger partial charge in [0.05, 0.1) is 6.10 Å². The van der Waals surface area contributed by atoms with E-state index >= 15 is 0 Å². The quantitative estimate of drug-likeness (QED) is 0.724. The Hall–Kier alpha value is -1.26. The molecule has 0 aromatic heterocycles. The topological polar surface area (TPSA) is 15.7 Å². The van der Waals surface area contributed by atoms with Crippen molar-refractivity contribution in [1.29, 1.82) is 0 Å². The summed E-state index contributed by atoms with van der Waals surface area (Å²) in [5.74, 6) is 0. The second kappa shape index (κ2) is 10.0. The zero-order chi connectivity index (χ0) is 16.8. The van der Waals surface area contributed by atoms with Gasteiger partial charge in [0, 0.05) is 50.0 Å². The van der Waals surface area contributed by atoms with E-state index in [-0.39, 0.29) is 18.5 Å². The van der Waals surface area contributed by atoms with Gasteiger partial charge in [-0.1, -0.05) is 41.9 Å². The van der Waals surface area contributed by atoms with Crippen LogP contribution in [0, 0.1) is 0 Å². The first kappa shape index (κ1) is 20.1. The summed E-state index contributed by atoms with van der Waals surface area (Å²) in [7, 11) is 0. The number of rotatable bonds is 6. The van der Waals surface area contributed by atoms with Gasteiger partial charge in [0.15, 0.2) is 0 Å². The molecule has 1 fully saturated rings. The maximum atomic E-state index is 5.99. The lowest BCUT2D eigenvalue weighted by Crippen LogP contribution is -2.47. The molecule has 0 N–H and O–H groups in total. The Bertz CT molecular complexity index is 613. The molecule has 136 valence electrons. The third kappa shape index (κ3) is 5.61. The van der Waals surface area contributed by atoms with Gasteiger partial charge in [0.25, 0.3) is 0 Å². The summed E-state index contributed by atoms with van der Waals surface area (Å²) >= 11 is 5.98. The highest BCUT2D eigenvalue weighted by atomic mass is 35.5. The summed E-state index contributed by atoms with van der Waals surface area (Å²) in [6, 6.07) is 18.7. The number of benzene rings is 2. The van der Waals surface area contributed by atoms with Crippen molar-refractivity contribution >= 4 is 29.7 Å². The Labute approximate surface area is 161 Å². The Kier molecular flexibility index (Phi) is 8.04. The molecule has 1 unspecified atom stereocenters. The number of halogens is 2. The van der Waals surface area contributed by atoms with Crippen LogP contribution in [0.5, 0.6) is 0 Å². The minimum Gasteiger partial charge on any atom is -0.372 e. The number of hydrogen-bond acceptors (Lipinski definition) is 3. The first-order chi connectivity index (χ1) is 11.8. The number of ether oxygens (including phenoxy) is 1. The lowest BCUT2D eigenvalue weighted by Gasteiger charge is -2.37. The minimum absolute atomic E-state index is 0. The van der Waals surface area contributed by atoms with Gasteiger partial charge in [-0.15, -0.1) is 12.4 Å². The summed E-state index contributed by atoms with van der Waals surface area (Å²) in [6.07, 6.45) is 0.151. The summed E-state index contributed by atoms with van der Waals surface area (Å²) in [5.41, 5.74) is 2.52. The van der Waals surface area contributed by atoms with Crippen LogP contribution >= 0.6 is 24.0 Å². The molecule has 3 nitrogen and oxygen atoms in total. The van der Waals surface area contributed by atoms with Crippen LogP contribution in [0.15, 0.2) is 54.6 Å². The molecule has 0 radical (unpaired) electrons. The predicted octanol–water partition coefficient (Wildman–Crippen LogP) is 4.66. The number of hydrogen-bond donors (Lipinski definition) is 0. The van der Waals surface area contributed by atoms with Gasteiger partial charge in [0.1, 0.15) is 0 Å². The molecule has 0 spiro atoms. The summed E-state index contributed by atoms with van der Waals surface area (Å²) in [6.45, 7) is 7.94. The SMILES string of the molecule is CCOC(CN1CCN(c2ccc(Cl)cc2)CC1)c1ccccc1.Cl. The predicted molar refractivity (Wildman–Crippen MR) is 108 cm³/mol. The fourth-order valence-corrected chi connectivity index (χ4v) is 3.32. The molecular weight excluding hydrogens is 355 g/mol. The third-order valence-corrected chi connectivity index (χ3v) is 4.78. The van der Waals surface area contributed by atoms with E-state index in [1.807, 2.05) is 12.1 Å². The van der Waals surface area contributed by atoms with E-state index in [0.717, 1.165) is 44.4 Å². The molecule has 0 aliphatic carbocycles. The lowest BCUT2D eigenvalue weighted by molar-refractivity contribution is 0.0311. The van der Waals surface area contributed by atoms with Crippen molar-refractivity contribution in [3.05, 3.63) is 65.2 Å². The van der Waals surface area contributed by atoms with Crippen molar-refractivity contribution in [2.75, 3.05) is 44.2 Å².